The molecule has 1 heterocycles. The summed E-state index contributed by atoms with van der Waals surface area (Å²) in [6.45, 7) is 9.28. The first-order valence-corrected chi connectivity index (χ1v) is 18.3. The van der Waals surface area contributed by atoms with Crippen LogP contribution in [0.3, 0.4) is 0 Å². The third-order valence-corrected chi connectivity index (χ3v) is 16.1. The molecule has 2 aromatic rings. The highest BCUT2D eigenvalue weighted by Crippen LogP contribution is 2.66. The van der Waals surface area contributed by atoms with Gasteiger partial charge in [-0.05, 0) is 89.6 Å². The number of amides is 1. The lowest BCUT2D eigenvalue weighted by Gasteiger charge is -2.43. The maximum atomic E-state index is 14.1. The summed E-state index contributed by atoms with van der Waals surface area (Å²) >= 11 is 0. The van der Waals surface area contributed by atoms with Gasteiger partial charge in [0.05, 0.1) is 5.28 Å². The standard InChI is InChI=1S/C34H49NO2P2/c1-33(2,3)37-32(36)35-26-31(38(27-17-9-5-10-18-27)28-19-11-6-12-20-28)25-34(35,4)39(29-21-13-7-14-22-29)30-23-15-8-16-24-30/h7-8,13-16,21-24,27-28,31H,5-6,9-12,17-20,25-26H2,1-4H3. The largest absolute Gasteiger partial charge is 0.444 e. The number of carbonyl (C=O) groups excluding carboxylic acids is 1. The average Bonchev–Trinajstić information content (AvgIpc) is 3.28. The molecule has 2 unspecified atom stereocenters. The Morgan fingerprint density at radius 1 is 0.769 bits per heavy atom. The predicted molar refractivity (Wildman–Crippen MR) is 169 cm³/mol. The third-order valence-electron chi connectivity index (χ3n) is 9.14. The van der Waals surface area contributed by atoms with Crippen molar-refractivity contribution < 1.29 is 9.53 Å². The van der Waals surface area contributed by atoms with E-state index in [0.717, 1.165) is 24.3 Å². The minimum atomic E-state index is -0.798. The van der Waals surface area contributed by atoms with E-state index < -0.39 is 13.5 Å². The van der Waals surface area contributed by atoms with Gasteiger partial charge in [0.1, 0.15) is 5.60 Å². The van der Waals surface area contributed by atoms with E-state index in [4.69, 9.17) is 4.74 Å². The number of nitrogens with zero attached hydrogens (tertiary/aromatic N) is 1. The molecule has 0 spiro atoms. The Morgan fingerprint density at radius 2 is 1.23 bits per heavy atom. The second-order valence-electron chi connectivity index (χ2n) is 13.2. The number of likely N-dealkylation sites (tertiary alicyclic amines) is 1. The van der Waals surface area contributed by atoms with Crippen molar-refractivity contribution in [3.63, 3.8) is 0 Å². The zero-order valence-electron chi connectivity index (χ0n) is 24.6. The normalized spacial score (nSPS) is 25.4. The molecule has 3 aliphatic rings. The molecule has 2 atom stereocenters. The molecule has 3 nitrogen and oxygen atoms in total. The summed E-state index contributed by atoms with van der Waals surface area (Å²) in [5, 5.41) is 2.43. The zero-order chi connectivity index (χ0) is 27.5. The molecule has 0 bridgehead atoms. The quantitative estimate of drug-likeness (QED) is 0.327. The van der Waals surface area contributed by atoms with Crippen LogP contribution in [0, 0.1) is 0 Å². The number of carbonyl (C=O) groups is 1. The van der Waals surface area contributed by atoms with Crippen molar-refractivity contribution in [1.82, 2.24) is 4.90 Å². The van der Waals surface area contributed by atoms with Crippen LogP contribution in [-0.2, 0) is 4.74 Å². The van der Waals surface area contributed by atoms with Crippen LogP contribution < -0.4 is 10.6 Å². The Hall–Kier alpha value is -1.43. The minimum absolute atomic E-state index is 0.117. The van der Waals surface area contributed by atoms with Gasteiger partial charge in [-0.2, -0.15) is 0 Å². The van der Waals surface area contributed by atoms with Crippen LogP contribution >= 0.6 is 15.8 Å². The van der Waals surface area contributed by atoms with Gasteiger partial charge < -0.3 is 4.74 Å². The van der Waals surface area contributed by atoms with Crippen LogP contribution in [0.15, 0.2) is 60.7 Å². The third kappa shape index (κ3) is 6.73. The Bertz CT molecular complexity index is 1000. The highest BCUT2D eigenvalue weighted by atomic mass is 31.1. The molecule has 0 aromatic heterocycles. The number of hydrogen-bond donors (Lipinski definition) is 0. The lowest BCUT2D eigenvalue weighted by Crippen LogP contribution is -2.49. The van der Waals surface area contributed by atoms with Gasteiger partial charge in [-0.1, -0.05) is 107 Å². The fourth-order valence-electron chi connectivity index (χ4n) is 7.54. The predicted octanol–water partition coefficient (Wildman–Crippen LogP) is 8.99. The summed E-state index contributed by atoms with van der Waals surface area (Å²) in [4.78, 5) is 16.3. The zero-order valence-corrected chi connectivity index (χ0v) is 26.4. The second kappa shape index (κ2) is 12.6. The van der Waals surface area contributed by atoms with Gasteiger partial charge in [0.25, 0.3) is 0 Å². The molecule has 3 fully saturated rings. The molecule has 1 aliphatic heterocycles. The van der Waals surface area contributed by atoms with Crippen LogP contribution in [-0.4, -0.2) is 45.4 Å². The number of rotatable bonds is 6. The molecule has 0 radical (unpaired) electrons. The summed E-state index contributed by atoms with van der Waals surface area (Å²) in [7, 11) is -0.941. The minimum Gasteiger partial charge on any atom is -0.444 e. The monoisotopic (exact) mass is 565 g/mol. The van der Waals surface area contributed by atoms with E-state index in [1.54, 1.807) is 0 Å². The molecule has 212 valence electrons. The number of benzene rings is 2. The van der Waals surface area contributed by atoms with Gasteiger partial charge in [-0.15, -0.1) is 0 Å². The van der Waals surface area contributed by atoms with Crippen molar-refractivity contribution in [3.8, 4) is 0 Å². The van der Waals surface area contributed by atoms with E-state index in [9.17, 15) is 4.79 Å². The van der Waals surface area contributed by atoms with Crippen LogP contribution in [0.2, 0.25) is 0 Å². The Morgan fingerprint density at radius 3 is 1.67 bits per heavy atom. The van der Waals surface area contributed by atoms with E-state index >= 15 is 0 Å². The molecule has 5 heteroatoms. The van der Waals surface area contributed by atoms with Crippen LogP contribution in [0.5, 0.6) is 0 Å². The lowest BCUT2D eigenvalue weighted by atomic mass is 9.99. The molecular formula is C34H49NO2P2. The lowest BCUT2D eigenvalue weighted by molar-refractivity contribution is 0.0207. The number of hydrogen-bond acceptors (Lipinski definition) is 2. The number of ether oxygens (including phenoxy) is 1. The average molecular weight is 566 g/mol. The molecule has 1 saturated heterocycles. The molecule has 5 rings (SSSR count). The molecule has 1 amide bonds. The van der Waals surface area contributed by atoms with Crippen molar-refractivity contribution in [1.29, 1.82) is 0 Å². The topological polar surface area (TPSA) is 29.5 Å². The summed E-state index contributed by atoms with van der Waals surface area (Å²) < 4.78 is 6.16. The van der Waals surface area contributed by atoms with E-state index in [1.165, 1.54) is 74.8 Å². The first-order chi connectivity index (χ1) is 18.8. The summed E-state index contributed by atoms with van der Waals surface area (Å²) in [5.74, 6) is 0. The van der Waals surface area contributed by atoms with Crippen LogP contribution in [0.1, 0.15) is 98.3 Å². The summed E-state index contributed by atoms with van der Waals surface area (Å²) in [6.07, 6.45) is 15.0. The van der Waals surface area contributed by atoms with Crippen molar-refractivity contribution in [3.05, 3.63) is 60.7 Å². The van der Waals surface area contributed by atoms with E-state index in [1.807, 2.05) is 20.8 Å². The smallest absolute Gasteiger partial charge is 0.411 e. The van der Waals surface area contributed by atoms with E-state index in [0.29, 0.717) is 5.66 Å². The van der Waals surface area contributed by atoms with Gasteiger partial charge in [-0.3, -0.25) is 4.90 Å². The van der Waals surface area contributed by atoms with Crippen molar-refractivity contribution >= 4 is 32.5 Å². The SMILES string of the molecule is CC(C)(C)OC(=O)N1CC(P(C2CCCCC2)C2CCCCC2)CC1(C)P(c1ccccc1)c1ccccc1. The van der Waals surface area contributed by atoms with Gasteiger partial charge in [-0.25, -0.2) is 4.79 Å². The molecule has 2 saturated carbocycles. The molecule has 2 aromatic carbocycles. The second-order valence-corrected chi connectivity index (χ2v) is 19.0. The fourth-order valence-corrected chi connectivity index (χ4v) is 15.5. The Kier molecular flexibility index (Phi) is 9.40. The summed E-state index contributed by atoms with van der Waals surface area (Å²) in [5.41, 5.74) is 1.85. The van der Waals surface area contributed by atoms with Crippen molar-refractivity contribution in [2.75, 3.05) is 6.54 Å². The molecule has 39 heavy (non-hydrogen) atoms. The Balaban J connectivity index is 1.57. The fraction of sp³-hybridized carbons (Fsp3) is 0.618. The first-order valence-electron chi connectivity index (χ1n) is 15.4. The molecule has 0 N–H and O–H groups in total. The van der Waals surface area contributed by atoms with Crippen LogP contribution in [0.25, 0.3) is 0 Å². The highest BCUT2D eigenvalue weighted by molar-refractivity contribution is 7.74. The molecule has 2 aliphatic carbocycles. The van der Waals surface area contributed by atoms with Gasteiger partial charge >= 0.3 is 6.09 Å². The molecular weight excluding hydrogens is 516 g/mol. The van der Waals surface area contributed by atoms with Gasteiger partial charge in [0.2, 0.25) is 0 Å². The van der Waals surface area contributed by atoms with Gasteiger partial charge in [0, 0.05) is 12.2 Å². The van der Waals surface area contributed by atoms with Crippen molar-refractivity contribution in [2.45, 2.75) is 126 Å². The maximum Gasteiger partial charge on any atom is 0.411 e. The van der Waals surface area contributed by atoms with E-state index in [-0.39, 0.29) is 19.3 Å². The van der Waals surface area contributed by atoms with Gasteiger partial charge in [0.15, 0.2) is 0 Å². The van der Waals surface area contributed by atoms with Crippen LogP contribution in [0.4, 0.5) is 4.79 Å². The van der Waals surface area contributed by atoms with Crippen molar-refractivity contribution in [2.24, 2.45) is 0 Å². The first kappa shape index (κ1) is 29.1. The highest BCUT2D eigenvalue weighted by Gasteiger charge is 2.54. The maximum absolute atomic E-state index is 14.1. The summed E-state index contributed by atoms with van der Waals surface area (Å²) in [6, 6.07) is 22.0. The van der Waals surface area contributed by atoms with E-state index in [2.05, 4.69) is 72.5 Å². The Labute approximate surface area is 240 Å².